The Hall–Kier alpha value is -2.74. The number of carbonyl (C=O) groups excluding carboxylic acids is 1. The third-order valence-electron chi connectivity index (χ3n) is 5.50. The number of carbonyl (C=O) groups is 1. The van der Waals surface area contributed by atoms with Crippen LogP contribution in [0.2, 0.25) is 13.1 Å². The van der Waals surface area contributed by atoms with Crippen LogP contribution in [0.15, 0.2) is 71.5 Å². The average molecular weight is 425 g/mol. The molecule has 0 amide bonds. The number of phenolic OH excluding ortho intramolecular Hbond substituents is 1. The Kier molecular flexibility index (Phi) is 4.49. The molecule has 2 N–H and O–H groups in total. The van der Waals surface area contributed by atoms with Crippen LogP contribution in [-0.4, -0.2) is 31.9 Å². The third-order valence-corrected chi connectivity index (χ3v) is 9.70. The van der Waals surface area contributed by atoms with Crippen molar-refractivity contribution in [1.29, 1.82) is 0 Å². The second-order valence-corrected chi connectivity index (χ2v) is 13.6. The molecule has 1 aliphatic heterocycles. The van der Waals surface area contributed by atoms with E-state index in [1.807, 2.05) is 18.2 Å². The molecular formula is C22H20O5SSi. The molecular weight excluding hydrogens is 404 g/mol. The van der Waals surface area contributed by atoms with Gasteiger partial charge in [-0.3, -0.25) is 9.35 Å². The molecule has 0 spiro atoms. The van der Waals surface area contributed by atoms with Crippen LogP contribution in [0.4, 0.5) is 0 Å². The van der Waals surface area contributed by atoms with Crippen molar-refractivity contribution in [2.45, 2.75) is 18.8 Å². The van der Waals surface area contributed by atoms with Crippen LogP contribution in [-0.2, 0) is 20.7 Å². The molecule has 0 unspecified atom stereocenters. The van der Waals surface area contributed by atoms with Crippen LogP contribution in [0.25, 0.3) is 5.57 Å². The second-order valence-electron chi connectivity index (χ2n) is 7.82. The van der Waals surface area contributed by atoms with E-state index in [4.69, 9.17) is 0 Å². The summed E-state index contributed by atoms with van der Waals surface area (Å²) in [6, 6.07) is 12.2. The summed E-state index contributed by atoms with van der Waals surface area (Å²) in [4.78, 5) is 12.2. The Morgan fingerprint density at radius 3 is 2.45 bits per heavy atom. The van der Waals surface area contributed by atoms with Gasteiger partial charge in [0, 0.05) is 0 Å². The fraction of sp³-hybridized carbons (Fsp3) is 0.136. The fourth-order valence-electron chi connectivity index (χ4n) is 4.19. The van der Waals surface area contributed by atoms with Crippen LogP contribution in [0, 0.1) is 0 Å². The highest BCUT2D eigenvalue weighted by atomic mass is 32.2. The number of benzene rings is 2. The fourth-order valence-corrected chi connectivity index (χ4v) is 7.90. The van der Waals surface area contributed by atoms with Crippen LogP contribution in [0.1, 0.15) is 16.7 Å². The van der Waals surface area contributed by atoms with Gasteiger partial charge in [0.1, 0.15) is 19.6 Å². The summed E-state index contributed by atoms with van der Waals surface area (Å²) in [7, 11) is -6.51. The molecule has 0 saturated carbocycles. The van der Waals surface area contributed by atoms with Gasteiger partial charge in [-0.1, -0.05) is 49.5 Å². The quantitative estimate of drug-likeness (QED) is 0.584. The van der Waals surface area contributed by atoms with Crippen molar-refractivity contribution in [3.63, 3.8) is 0 Å². The maximum atomic E-state index is 12.2. The van der Waals surface area contributed by atoms with Crippen molar-refractivity contribution in [2.75, 3.05) is 0 Å². The molecule has 2 aromatic carbocycles. The predicted molar refractivity (Wildman–Crippen MR) is 115 cm³/mol. The lowest BCUT2D eigenvalue weighted by atomic mass is 9.88. The Labute approximate surface area is 170 Å². The third kappa shape index (κ3) is 3.41. The van der Waals surface area contributed by atoms with Crippen molar-refractivity contribution in [2.24, 2.45) is 0 Å². The van der Waals surface area contributed by atoms with Gasteiger partial charge in [-0.2, -0.15) is 8.42 Å². The van der Waals surface area contributed by atoms with Gasteiger partial charge in [0.15, 0.2) is 5.78 Å². The largest absolute Gasteiger partial charge is 0.508 e. The van der Waals surface area contributed by atoms with E-state index >= 15 is 0 Å². The Bertz CT molecular complexity index is 1250. The van der Waals surface area contributed by atoms with Gasteiger partial charge in [-0.15, -0.1) is 0 Å². The van der Waals surface area contributed by atoms with Crippen molar-refractivity contribution in [3.05, 3.63) is 88.2 Å². The van der Waals surface area contributed by atoms with Crippen molar-refractivity contribution >= 4 is 34.7 Å². The first kappa shape index (κ1) is 19.6. The molecule has 0 radical (unpaired) electrons. The van der Waals surface area contributed by atoms with Crippen molar-refractivity contribution < 1.29 is 22.9 Å². The van der Waals surface area contributed by atoms with Gasteiger partial charge in [0.2, 0.25) is 0 Å². The first-order valence-electron chi connectivity index (χ1n) is 9.14. The highest BCUT2D eigenvalue weighted by Crippen LogP contribution is 2.42. The molecule has 0 saturated heterocycles. The summed E-state index contributed by atoms with van der Waals surface area (Å²) < 4.78 is 32.6. The number of phenols is 1. The number of aromatic hydroxyl groups is 1. The zero-order valence-corrected chi connectivity index (χ0v) is 17.8. The number of rotatable bonds is 3. The lowest BCUT2D eigenvalue weighted by Gasteiger charge is -2.37. The van der Waals surface area contributed by atoms with Gasteiger partial charge in [-0.05, 0) is 62.5 Å². The standard InChI is InChI=1S/C22H20O5SSi/c1-29(2)20-11-15(23)7-9-18(20)22(19-10-8-16(24)12-21(19)29)17-6-4-3-5-14(17)13-28(25,26)27/h3-12,23H,13H2,1-2H3,(H,25,26,27). The van der Waals surface area contributed by atoms with E-state index in [-0.39, 0.29) is 11.5 Å². The summed E-state index contributed by atoms with van der Waals surface area (Å²) in [5.74, 6) is -0.439. The van der Waals surface area contributed by atoms with Crippen LogP contribution in [0.5, 0.6) is 5.75 Å². The van der Waals surface area contributed by atoms with Gasteiger partial charge >= 0.3 is 0 Å². The minimum atomic E-state index is -4.22. The summed E-state index contributed by atoms with van der Waals surface area (Å²) in [5, 5.41) is 12.0. The van der Waals surface area contributed by atoms with Crippen molar-refractivity contribution in [3.8, 4) is 5.75 Å². The lowest BCUT2D eigenvalue weighted by Crippen LogP contribution is -2.49. The smallest absolute Gasteiger partial charge is 0.269 e. The van der Waals surface area contributed by atoms with E-state index in [2.05, 4.69) is 13.1 Å². The number of hydrogen-bond donors (Lipinski definition) is 2. The summed E-state index contributed by atoms with van der Waals surface area (Å²) in [5.41, 5.74) is 3.76. The highest BCUT2D eigenvalue weighted by Gasteiger charge is 2.40. The number of allylic oxidation sites excluding steroid dienone is 5. The zero-order chi connectivity index (χ0) is 21.0. The molecule has 0 atom stereocenters. The summed E-state index contributed by atoms with van der Waals surface area (Å²) in [6.07, 6.45) is 4.96. The number of hydrogen-bond acceptors (Lipinski definition) is 4. The monoisotopic (exact) mass is 424 g/mol. The van der Waals surface area contributed by atoms with E-state index in [0.29, 0.717) is 11.1 Å². The topological polar surface area (TPSA) is 91.7 Å². The molecule has 0 fully saturated rings. The molecule has 4 rings (SSSR count). The van der Waals surface area contributed by atoms with E-state index in [0.717, 1.165) is 27.1 Å². The molecule has 2 aliphatic rings. The van der Waals surface area contributed by atoms with Gasteiger partial charge in [0.05, 0.1) is 0 Å². The molecule has 2 aromatic rings. The Morgan fingerprint density at radius 2 is 1.72 bits per heavy atom. The maximum Gasteiger partial charge on any atom is 0.269 e. The molecule has 0 aromatic heterocycles. The zero-order valence-electron chi connectivity index (χ0n) is 16.0. The minimum absolute atomic E-state index is 0.0847. The molecule has 5 nitrogen and oxygen atoms in total. The predicted octanol–water partition coefficient (Wildman–Crippen LogP) is 3.12. The SMILES string of the molecule is C[Si]1(C)C2=CC(=O)C=CC2=C(c2ccccc2CS(=O)(=O)O)c2ccc(O)cc21. The Morgan fingerprint density at radius 1 is 1.00 bits per heavy atom. The average Bonchev–Trinajstić information content (AvgIpc) is 2.63. The summed E-state index contributed by atoms with van der Waals surface area (Å²) >= 11 is 0. The summed E-state index contributed by atoms with van der Waals surface area (Å²) in [6.45, 7) is 4.26. The first-order valence-corrected chi connectivity index (χ1v) is 13.7. The molecule has 1 aliphatic carbocycles. The normalized spacial score (nSPS) is 17.6. The van der Waals surface area contributed by atoms with E-state index < -0.39 is 23.9 Å². The van der Waals surface area contributed by atoms with Gasteiger partial charge in [0.25, 0.3) is 10.1 Å². The van der Waals surface area contributed by atoms with Crippen LogP contribution in [0.3, 0.4) is 0 Å². The Balaban J connectivity index is 2.09. The first-order chi connectivity index (χ1) is 13.6. The lowest BCUT2D eigenvalue weighted by molar-refractivity contribution is -0.110. The molecule has 1 heterocycles. The molecule has 7 heteroatoms. The van der Waals surface area contributed by atoms with Gasteiger partial charge in [-0.25, -0.2) is 0 Å². The molecule has 148 valence electrons. The van der Waals surface area contributed by atoms with E-state index in [9.17, 15) is 22.9 Å². The van der Waals surface area contributed by atoms with Crippen LogP contribution < -0.4 is 5.19 Å². The highest BCUT2D eigenvalue weighted by molar-refractivity contribution is 7.85. The minimum Gasteiger partial charge on any atom is -0.508 e. The van der Waals surface area contributed by atoms with E-state index in [1.165, 1.54) is 6.08 Å². The second kappa shape index (κ2) is 6.65. The molecule has 0 bridgehead atoms. The van der Waals surface area contributed by atoms with Crippen LogP contribution >= 0.6 is 0 Å². The number of ketones is 1. The van der Waals surface area contributed by atoms with E-state index in [1.54, 1.807) is 36.4 Å². The van der Waals surface area contributed by atoms with Gasteiger partial charge < -0.3 is 5.11 Å². The number of fused-ring (bicyclic) bond motifs is 2. The maximum absolute atomic E-state index is 12.2. The van der Waals surface area contributed by atoms with Crippen molar-refractivity contribution in [1.82, 2.24) is 0 Å². The molecule has 29 heavy (non-hydrogen) atoms.